The van der Waals surface area contributed by atoms with Gasteiger partial charge < -0.3 is 15.3 Å². The molecule has 1 saturated carbocycles. The molecule has 1 fully saturated rings. The Morgan fingerprint density at radius 2 is 2.07 bits per heavy atom. The van der Waals surface area contributed by atoms with E-state index in [0.29, 0.717) is 25.7 Å². The van der Waals surface area contributed by atoms with Crippen LogP contribution in [0, 0.1) is 11.8 Å². The molecule has 3 rings (SSSR count). The number of hydrogen-bond acceptors (Lipinski definition) is 5. The molecule has 1 aromatic carbocycles. The molecule has 4 N–H and O–H groups in total. The fourth-order valence-corrected chi connectivity index (χ4v) is 4.27. The second-order valence-corrected chi connectivity index (χ2v) is 7.91. The van der Waals surface area contributed by atoms with Crippen molar-refractivity contribution in [2.45, 2.75) is 56.9 Å². The Bertz CT molecular complexity index is 795. The van der Waals surface area contributed by atoms with Gasteiger partial charge in [-0.3, -0.25) is 15.1 Å². The zero-order valence-corrected chi connectivity index (χ0v) is 16.4. The van der Waals surface area contributed by atoms with Crippen molar-refractivity contribution in [2.24, 2.45) is 11.8 Å². The van der Waals surface area contributed by atoms with E-state index in [1.54, 1.807) is 0 Å². The number of carbonyl (C=O) groups is 1. The standard InChI is InChI=1S/C21H26F3NO5/c22-21(23,24)13-4-1-3-12(9-13)18(26)7-6-14-15-10-17(16(15)11-19(14)27)25-30-8-2-5-20(28)29/h1,3-4,9,14-15,18-19,25-27H,2,5-8,10-11H2,(H,28,29). The first-order valence-electron chi connectivity index (χ1n) is 10.0. The number of fused-ring (bicyclic) bond motifs is 1. The van der Waals surface area contributed by atoms with Crippen molar-refractivity contribution in [2.75, 3.05) is 6.61 Å². The highest BCUT2D eigenvalue weighted by atomic mass is 19.4. The molecule has 166 valence electrons. The number of hydrogen-bond donors (Lipinski definition) is 4. The summed E-state index contributed by atoms with van der Waals surface area (Å²) in [6, 6.07) is 4.70. The lowest BCUT2D eigenvalue weighted by atomic mass is 9.77. The minimum atomic E-state index is -4.46. The van der Waals surface area contributed by atoms with E-state index in [0.717, 1.165) is 23.4 Å². The van der Waals surface area contributed by atoms with Crippen LogP contribution in [0.1, 0.15) is 55.8 Å². The third-order valence-corrected chi connectivity index (χ3v) is 5.90. The van der Waals surface area contributed by atoms with Crippen LogP contribution in [0.2, 0.25) is 0 Å². The maximum atomic E-state index is 12.9. The molecule has 0 bridgehead atoms. The van der Waals surface area contributed by atoms with Gasteiger partial charge in [0.2, 0.25) is 0 Å². The third kappa shape index (κ3) is 5.33. The SMILES string of the molecule is O=C(O)CCCONC1=C2CC(O)C(CCC(O)c3cccc(C(F)(F)F)c3)C2C1. The van der Waals surface area contributed by atoms with Crippen LogP contribution in [0.4, 0.5) is 13.2 Å². The minimum absolute atomic E-state index is 0.0329. The van der Waals surface area contributed by atoms with E-state index in [2.05, 4.69) is 5.48 Å². The summed E-state index contributed by atoms with van der Waals surface area (Å²) in [5, 5.41) is 29.3. The molecule has 0 aliphatic heterocycles. The lowest BCUT2D eigenvalue weighted by Crippen LogP contribution is -2.30. The molecule has 0 aromatic heterocycles. The number of rotatable bonds is 10. The topological polar surface area (TPSA) is 99.0 Å². The molecule has 2 aliphatic carbocycles. The number of aliphatic hydroxyl groups is 2. The molecule has 1 aromatic rings. The van der Waals surface area contributed by atoms with E-state index < -0.39 is 29.9 Å². The maximum Gasteiger partial charge on any atom is 0.416 e. The Hall–Kier alpha value is -2.10. The summed E-state index contributed by atoms with van der Waals surface area (Å²) < 4.78 is 38.6. The van der Waals surface area contributed by atoms with Gasteiger partial charge in [-0.2, -0.15) is 13.2 Å². The highest BCUT2D eigenvalue weighted by Gasteiger charge is 2.45. The summed E-state index contributed by atoms with van der Waals surface area (Å²) in [7, 11) is 0. The van der Waals surface area contributed by atoms with Gasteiger partial charge in [-0.05, 0) is 67.2 Å². The number of aliphatic hydroxyl groups excluding tert-OH is 2. The summed E-state index contributed by atoms with van der Waals surface area (Å²) in [5.74, 6) is -0.768. The smallest absolute Gasteiger partial charge is 0.416 e. The van der Waals surface area contributed by atoms with Crippen LogP contribution in [0.3, 0.4) is 0 Å². The Morgan fingerprint density at radius 1 is 1.30 bits per heavy atom. The van der Waals surface area contributed by atoms with Crippen molar-refractivity contribution in [3.05, 3.63) is 46.7 Å². The van der Waals surface area contributed by atoms with Gasteiger partial charge in [0.1, 0.15) is 0 Å². The van der Waals surface area contributed by atoms with Gasteiger partial charge in [-0.1, -0.05) is 12.1 Å². The van der Waals surface area contributed by atoms with Gasteiger partial charge in [0.15, 0.2) is 0 Å². The van der Waals surface area contributed by atoms with E-state index in [1.165, 1.54) is 12.1 Å². The number of hydroxylamine groups is 1. The second kappa shape index (κ2) is 9.36. The van der Waals surface area contributed by atoms with Gasteiger partial charge in [0.05, 0.1) is 24.4 Å². The van der Waals surface area contributed by atoms with Crippen LogP contribution in [0.25, 0.3) is 0 Å². The van der Waals surface area contributed by atoms with Gasteiger partial charge in [-0.25, -0.2) is 0 Å². The van der Waals surface area contributed by atoms with Crippen molar-refractivity contribution in [1.82, 2.24) is 5.48 Å². The van der Waals surface area contributed by atoms with E-state index in [4.69, 9.17) is 9.94 Å². The number of halogens is 3. The highest BCUT2D eigenvalue weighted by molar-refractivity contribution is 5.66. The van der Waals surface area contributed by atoms with Gasteiger partial charge in [-0.15, -0.1) is 0 Å². The van der Waals surface area contributed by atoms with Crippen molar-refractivity contribution in [1.29, 1.82) is 0 Å². The number of nitrogens with one attached hydrogen (secondary N) is 1. The van der Waals surface area contributed by atoms with Crippen molar-refractivity contribution in [3.63, 3.8) is 0 Å². The van der Waals surface area contributed by atoms with Crippen LogP contribution in [0.5, 0.6) is 0 Å². The predicted molar refractivity (Wildman–Crippen MR) is 101 cm³/mol. The monoisotopic (exact) mass is 429 g/mol. The number of aliphatic carboxylic acids is 1. The largest absolute Gasteiger partial charge is 0.481 e. The normalized spacial score (nSPS) is 24.4. The zero-order chi connectivity index (χ0) is 21.9. The molecule has 0 heterocycles. The Balaban J connectivity index is 1.49. The third-order valence-electron chi connectivity index (χ3n) is 5.90. The van der Waals surface area contributed by atoms with Crippen LogP contribution in [0.15, 0.2) is 35.5 Å². The average molecular weight is 429 g/mol. The van der Waals surface area contributed by atoms with E-state index in [9.17, 15) is 28.2 Å². The molecule has 2 aliphatic rings. The Kier molecular flexibility index (Phi) is 7.05. The van der Waals surface area contributed by atoms with Crippen molar-refractivity contribution >= 4 is 5.97 Å². The number of benzene rings is 1. The molecule has 9 heteroatoms. The van der Waals surface area contributed by atoms with E-state index >= 15 is 0 Å². The fourth-order valence-electron chi connectivity index (χ4n) is 4.27. The van der Waals surface area contributed by atoms with Gasteiger partial charge in [0.25, 0.3) is 0 Å². The second-order valence-electron chi connectivity index (χ2n) is 7.91. The van der Waals surface area contributed by atoms with E-state index in [1.807, 2.05) is 0 Å². The van der Waals surface area contributed by atoms with Gasteiger partial charge in [0, 0.05) is 12.1 Å². The zero-order valence-electron chi connectivity index (χ0n) is 16.4. The van der Waals surface area contributed by atoms with E-state index in [-0.39, 0.29) is 36.8 Å². The first-order chi connectivity index (χ1) is 14.2. The molecule has 0 spiro atoms. The predicted octanol–water partition coefficient (Wildman–Crippen LogP) is 3.56. The molecule has 6 nitrogen and oxygen atoms in total. The molecule has 4 atom stereocenters. The number of alkyl halides is 3. The molecule has 30 heavy (non-hydrogen) atoms. The average Bonchev–Trinajstić information content (AvgIpc) is 2.92. The fraction of sp³-hybridized carbons (Fsp3) is 0.571. The van der Waals surface area contributed by atoms with Crippen molar-refractivity contribution < 1.29 is 38.1 Å². The number of carboxylic acids is 1. The molecule has 0 amide bonds. The summed E-state index contributed by atoms with van der Waals surface area (Å²) in [6.07, 6.45) is -3.67. The quantitative estimate of drug-likeness (QED) is 0.335. The van der Waals surface area contributed by atoms with Gasteiger partial charge >= 0.3 is 12.1 Å². The first-order valence-corrected chi connectivity index (χ1v) is 10.0. The summed E-state index contributed by atoms with van der Waals surface area (Å²) in [4.78, 5) is 15.7. The van der Waals surface area contributed by atoms with Crippen LogP contribution < -0.4 is 5.48 Å². The molecular formula is C21H26F3NO5. The molecule has 0 saturated heterocycles. The number of allylic oxidation sites excluding steroid dienone is 1. The van der Waals surface area contributed by atoms with Crippen LogP contribution in [-0.4, -0.2) is 34.0 Å². The number of carboxylic acid groups (broad SMARTS) is 1. The Morgan fingerprint density at radius 3 is 2.77 bits per heavy atom. The Labute approximate surface area is 172 Å². The lowest BCUT2D eigenvalue weighted by molar-refractivity contribution is -0.138. The van der Waals surface area contributed by atoms with Crippen molar-refractivity contribution in [3.8, 4) is 0 Å². The summed E-state index contributed by atoms with van der Waals surface area (Å²) in [6.45, 7) is 0.267. The van der Waals surface area contributed by atoms with Crippen LogP contribution in [-0.2, 0) is 15.8 Å². The van der Waals surface area contributed by atoms with Crippen LogP contribution >= 0.6 is 0 Å². The minimum Gasteiger partial charge on any atom is -0.481 e. The molecular weight excluding hydrogens is 403 g/mol. The molecule has 0 radical (unpaired) electrons. The first kappa shape index (κ1) is 22.6. The maximum absolute atomic E-state index is 12.9. The summed E-state index contributed by atoms with van der Waals surface area (Å²) >= 11 is 0. The molecule has 4 unspecified atom stereocenters. The lowest BCUT2D eigenvalue weighted by Gasteiger charge is -2.33. The summed E-state index contributed by atoms with van der Waals surface area (Å²) in [5.41, 5.74) is 4.24. The highest BCUT2D eigenvalue weighted by Crippen LogP contribution is 2.51.